The molecule has 2 aromatic rings. The van der Waals surface area contributed by atoms with Crippen LogP contribution in [0, 0.1) is 0 Å². The Morgan fingerprint density at radius 3 is 2.88 bits per heavy atom. The van der Waals surface area contributed by atoms with E-state index >= 15 is 0 Å². The summed E-state index contributed by atoms with van der Waals surface area (Å²) in [5.41, 5.74) is 2.16. The van der Waals surface area contributed by atoms with Crippen molar-refractivity contribution in [1.82, 2.24) is 0 Å². The smallest absolute Gasteiger partial charge is 0.341 e. The molecule has 138 valence electrons. The molecular formula is C19H20BrNO4S. The second-order valence-electron chi connectivity index (χ2n) is 5.92. The minimum Gasteiger partial charge on any atom is -0.504 e. The van der Waals surface area contributed by atoms with Gasteiger partial charge in [0.1, 0.15) is 5.00 Å². The zero-order valence-corrected chi connectivity index (χ0v) is 17.1. The molecule has 1 aromatic carbocycles. The number of phenolic OH excluding ortho intramolecular Hbond substituents is 1. The summed E-state index contributed by atoms with van der Waals surface area (Å²) < 4.78 is 11.2. The number of hydrogen-bond donors (Lipinski definition) is 1. The molecule has 1 heterocycles. The van der Waals surface area contributed by atoms with Crippen LogP contribution in [0.2, 0.25) is 0 Å². The Balaban J connectivity index is 2.02. The summed E-state index contributed by atoms with van der Waals surface area (Å²) in [5.74, 6) is 0.0467. The number of methoxy groups -OCH3 is 1. The number of carbonyl (C=O) groups is 1. The molecule has 1 aromatic heterocycles. The van der Waals surface area contributed by atoms with Crippen LogP contribution in [0.4, 0.5) is 5.00 Å². The van der Waals surface area contributed by atoms with Crippen LogP contribution < -0.4 is 4.74 Å². The van der Waals surface area contributed by atoms with E-state index in [1.54, 1.807) is 25.3 Å². The fraction of sp³-hybridized carbons (Fsp3) is 0.368. The van der Waals surface area contributed by atoms with E-state index in [9.17, 15) is 9.90 Å². The van der Waals surface area contributed by atoms with Crippen LogP contribution in [0.1, 0.15) is 46.1 Å². The van der Waals surface area contributed by atoms with E-state index in [4.69, 9.17) is 9.47 Å². The molecule has 0 spiro atoms. The van der Waals surface area contributed by atoms with Gasteiger partial charge in [0.2, 0.25) is 0 Å². The van der Waals surface area contributed by atoms with Gasteiger partial charge in [0.05, 0.1) is 19.3 Å². The minimum atomic E-state index is -0.324. The lowest BCUT2D eigenvalue weighted by atomic mass is 9.95. The number of hydrogen-bond acceptors (Lipinski definition) is 6. The first-order valence-corrected chi connectivity index (χ1v) is 10.1. The van der Waals surface area contributed by atoms with Crippen molar-refractivity contribution in [3.63, 3.8) is 0 Å². The summed E-state index contributed by atoms with van der Waals surface area (Å²) in [5, 5.41) is 10.9. The number of carbonyl (C=O) groups excluding carboxylic acids is 1. The topological polar surface area (TPSA) is 68.1 Å². The van der Waals surface area contributed by atoms with Crippen molar-refractivity contribution in [3.05, 3.63) is 38.2 Å². The normalized spacial score (nSPS) is 13.7. The third-order valence-corrected chi connectivity index (χ3v) is 5.90. The summed E-state index contributed by atoms with van der Waals surface area (Å²) in [6.07, 6.45) is 5.61. The average molecular weight is 438 g/mol. The molecule has 5 nitrogen and oxygen atoms in total. The van der Waals surface area contributed by atoms with Crippen LogP contribution in [-0.4, -0.2) is 31.0 Å². The first kappa shape index (κ1) is 18.9. The number of phenols is 1. The average Bonchev–Trinajstić information content (AvgIpc) is 3.00. The first-order chi connectivity index (χ1) is 12.5. The largest absolute Gasteiger partial charge is 0.504 e. The zero-order valence-electron chi connectivity index (χ0n) is 14.7. The van der Waals surface area contributed by atoms with Gasteiger partial charge >= 0.3 is 5.97 Å². The summed E-state index contributed by atoms with van der Waals surface area (Å²) in [6.45, 7) is 2.13. The number of ether oxygens (including phenoxy) is 2. The number of aromatic hydroxyl groups is 1. The summed E-state index contributed by atoms with van der Waals surface area (Å²) in [6, 6.07) is 3.43. The maximum atomic E-state index is 12.5. The maximum Gasteiger partial charge on any atom is 0.341 e. The van der Waals surface area contributed by atoms with Gasteiger partial charge in [-0.3, -0.25) is 0 Å². The Morgan fingerprint density at radius 2 is 2.15 bits per heavy atom. The lowest BCUT2D eigenvalue weighted by molar-refractivity contribution is 0.0526. The van der Waals surface area contributed by atoms with Gasteiger partial charge in [-0.15, -0.1) is 11.3 Å². The lowest BCUT2D eigenvalue weighted by Gasteiger charge is -2.11. The molecule has 1 N–H and O–H groups in total. The molecule has 3 rings (SSSR count). The maximum absolute atomic E-state index is 12.5. The van der Waals surface area contributed by atoms with Crippen molar-refractivity contribution in [1.29, 1.82) is 0 Å². The summed E-state index contributed by atoms with van der Waals surface area (Å²) in [4.78, 5) is 18.2. The molecule has 7 heteroatoms. The van der Waals surface area contributed by atoms with Crippen LogP contribution in [0.5, 0.6) is 11.5 Å². The highest BCUT2D eigenvalue weighted by Crippen LogP contribution is 2.41. The Bertz CT molecular complexity index is 860. The second-order valence-corrected chi connectivity index (χ2v) is 7.91. The van der Waals surface area contributed by atoms with E-state index in [0.29, 0.717) is 28.5 Å². The van der Waals surface area contributed by atoms with Gasteiger partial charge in [0.15, 0.2) is 11.5 Å². The number of fused-ring (bicyclic) bond motifs is 1. The highest BCUT2D eigenvalue weighted by atomic mass is 79.9. The molecule has 0 saturated carbocycles. The highest BCUT2D eigenvalue weighted by molar-refractivity contribution is 9.10. The van der Waals surface area contributed by atoms with Crippen LogP contribution in [-0.2, 0) is 17.6 Å². The second kappa shape index (κ2) is 8.22. The van der Waals surface area contributed by atoms with E-state index in [2.05, 4.69) is 20.9 Å². The van der Waals surface area contributed by atoms with Crippen LogP contribution >= 0.6 is 27.3 Å². The summed E-state index contributed by atoms with van der Waals surface area (Å²) in [7, 11) is 1.49. The predicted molar refractivity (Wildman–Crippen MR) is 107 cm³/mol. The Kier molecular flexibility index (Phi) is 5.98. The molecule has 1 aliphatic carbocycles. The fourth-order valence-electron chi connectivity index (χ4n) is 3.03. The minimum absolute atomic E-state index is 0.0125. The molecule has 0 aliphatic heterocycles. The molecule has 0 atom stereocenters. The van der Waals surface area contributed by atoms with Crippen molar-refractivity contribution in [2.24, 2.45) is 4.99 Å². The molecule has 0 radical (unpaired) electrons. The summed E-state index contributed by atoms with van der Waals surface area (Å²) >= 11 is 4.93. The number of thiophene rings is 1. The van der Waals surface area contributed by atoms with E-state index in [0.717, 1.165) is 35.7 Å². The van der Waals surface area contributed by atoms with Gasteiger partial charge < -0.3 is 14.6 Å². The number of rotatable bonds is 5. The van der Waals surface area contributed by atoms with E-state index in [1.807, 2.05) is 0 Å². The highest BCUT2D eigenvalue weighted by Gasteiger charge is 2.26. The van der Waals surface area contributed by atoms with E-state index in [-0.39, 0.29) is 11.7 Å². The van der Waals surface area contributed by atoms with Crippen molar-refractivity contribution < 1.29 is 19.4 Å². The first-order valence-electron chi connectivity index (χ1n) is 8.47. The number of aliphatic imine (C=N–C) groups is 1. The van der Waals surface area contributed by atoms with Crippen molar-refractivity contribution in [2.75, 3.05) is 13.7 Å². The SMILES string of the molecule is CCOC(=O)c1c(N=Cc2cc(Br)cc(OC)c2O)sc2c1CCCC2. The Labute approximate surface area is 164 Å². The van der Waals surface area contributed by atoms with Gasteiger partial charge in [0.25, 0.3) is 0 Å². The van der Waals surface area contributed by atoms with Crippen LogP contribution in [0.15, 0.2) is 21.6 Å². The molecule has 1 aliphatic rings. The molecular weight excluding hydrogens is 418 g/mol. The van der Waals surface area contributed by atoms with Crippen molar-refractivity contribution in [2.45, 2.75) is 32.6 Å². The van der Waals surface area contributed by atoms with Crippen molar-refractivity contribution in [3.8, 4) is 11.5 Å². The number of benzene rings is 1. The van der Waals surface area contributed by atoms with Crippen LogP contribution in [0.25, 0.3) is 0 Å². The number of aryl methyl sites for hydroxylation is 1. The molecule has 0 bridgehead atoms. The molecule has 26 heavy (non-hydrogen) atoms. The standard InChI is InChI=1S/C19H20BrNO4S/c1-3-25-19(23)16-13-6-4-5-7-15(13)26-18(16)21-10-11-8-12(20)9-14(24-2)17(11)22/h8-10,22H,3-7H2,1-2H3. The number of halogens is 1. The van der Waals surface area contributed by atoms with Gasteiger partial charge in [-0.2, -0.15) is 0 Å². The van der Waals surface area contributed by atoms with E-state index in [1.165, 1.54) is 23.3 Å². The number of nitrogens with zero attached hydrogens (tertiary/aromatic N) is 1. The molecule has 0 unspecified atom stereocenters. The third kappa shape index (κ3) is 3.78. The van der Waals surface area contributed by atoms with Gasteiger partial charge in [-0.25, -0.2) is 9.79 Å². The van der Waals surface area contributed by atoms with Gasteiger partial charge in [0, 0.05) is 21.1 Å². The zero-order chi connectivity index (χ0) is 18.7. The monoisotopic (exact) mass is 437 g/mol. The van der Waals surface area contributed by atoms with Gasteiger partial charge in [-0.05, 0) is 50.3 Å². The molecule has 0 saturated heterocycles. The molecule has 0 fully saturated rings. The number of esters is 1. The quantitative estimate of drug-likeness (QED) is 0.525. The third-order valence-electron chi connectivity index (χ3n) is 4.24. The van der Waals surface area contributed by atoms with Crippen LogP contribution in [0.3, 0.4) is 0 Å². The van der Waals surface area contributed by atoms with Gasteiger partial charge in [-0.1, -0.05) is 15.9 Å². The molecule has 0 amide bonds. The fourth-order valence-corrected chi connectivity index (χ4v) is 4.71. The lowest BCUT2D eigenvalue weighted by Crippen LogP contribution is -2.09. The predicted octanol–water partition coefficient (Wildman–Crippen LogP) is 5.03. The Hall–Kier alpha value is -1.86. The van der Waals surface area contributed by atoms with Crippen molar-refractivity contribution >= 4 is 44.5 Å². The van der Waals surface area contributed by atoms with E-state index < -0.39 is 0 Å². The Morgan fingerprint density at radius 1 is 1.38 bits per heavy atom.